The predicted molar refractivity (Wildman–Crippen MR) is 86.2 cm³/mol. The van der Waals surface area contributed by atoms with Gasteiger partial charge in [-0.15, -0.1) is 0 Å². The Morgan fingerprint density at radius 3 is 2.50 bits per heavy atom. The Labute approximate surface area is 159 Å². The van der Waals surface area contributed by atoms with Gasteiger partial charge in [-0.25, -0.2) is 9.78 Å². The number of hydrogen-bond acceptors (Lipinski definition) is 5. The molecule has 0 saturated carbocycles. The van der Waals surface area contributed by atoms with Gasteiger partial charge < -0.3 is 14.8 Å². The van der Waals surface area contributed by atoms with Gasteiger partial charge in [0.25, 0.3) is 5.91 Å². The van der Waals surface area contributed by atoms with Crippen molar-refractivity contribution in [2.45, 2.75) is 12.8 Å². The van der Waals surface area contributed by atoms with Crippen LogP contribution in [0.15, 0.2) is 36.5 Å². The summed E-state index contributed by atoms with van der Waals surface area (Å²) in [5.41, 5.74) is -1.46. The molecule has 1 aromatic heterocycles. The molecule has 0 spiro atoms. The van der Waals surface area contributed by atoms with Crippen LogP contribution >= 0.6 is 11.6 Å². The smallest absolute Gasteiger partial charge is 0.417 e. The minimum absolute atomic E-state index is 0.346. The van der Waals surface area contributed by atoms with E-state index < -0.39 is 47.6 Å². The van der Waals surface area contributed by atoms with Crippen molar-refractivity contribution in [3.63, 3.8) is 0 Å². The average Bonchev–Trinajstić information content (AvgIpc) is 2.60. The van der Waals surface area contributed by atoms with Gasteiger partial charge in [-0.05, 0) is 18.2 Å². The zero-order valence-corrected chi connectivity index (χ0v) is 14.4. The van der Waals surface area contributed by atoms with Gasteiger partial charge in [-0.1, -0.05) is 23.7 Å². The molecule has 0 aliphatic carbocycles. The first-order valence-electron chi connectivity index (χ1n) is 7.31. The summed E-state index contributed by atoms with van der Waals surface area (Å²) in [5, 5.41) is 1.58. The zero-order chi connectivity index (χ0) is 20.9. The molecule has 0 aliphatic heterocycles. The molecule has 0 radical (unpaired) electrons. The average molecular weight is 425 g/mol. The minimum Gasteiger partial charge on any atom is -0.452 e. The highest BCUT2D eigenvalue weighted by molar-refractivity contribution is 6.33. The Balaban J connectivity index is 1.99. The highest BCUT2D eigenvalue weighted by Crippen LogP contribution is 2.32. The lowest BCUT2D eigenvalue weighted by atomic mass is 10.2. The molecule has 0 aliphatic rings. The van der Waals surface area contributed by atoms with Crippen LogP contribution in [-0.2, 0) is 15.7 Å². The molecule has 0 fully saturated rings. The van der Waals surface area contributed by atoms with Crippen LogP contribution < -0.4 is 10.1 Å². The molecule has 12 heteroatoms. The molecule has 0 atom stereocenters. The minimum atomic E-state index is -4.66. The van der Waals surface area contributed by atoms with Crippen molar-refractivity contribution >= 4 is 29.3 Å². The number of aromatic nitrogens is 1. The van der Waals surface area contributed by atoms with Crippen molar-refractivity contribution in [1.29, 1.82) is 0 Å². The van der Waals surface area contributed by atoms with Crippen molar-refractivity contribution in [1.82, 2.24) is 4.98 Å². The Hall–Kier alpha value is -2.95. The van der Waals surface area contributed by atoms with E-state index in [9.17, 15) is 31.5 Å². The number of amides is 1. The number of rotatable bonds is 6. The normalized spacial score (nSPS) is 11.2. The molecule has 1 heterocycles. The molecular formula is C16H10ClF5N2O4. The summed E-state index contributed by atoms with van der Waals surface area (Å²) in [7, 11) is 0. The van der Waals surface area contributed by atoms with Crippen LogP contribution in [0.2, 0.25) is 5.02 Å². The molecule has 2 rings (SSSR count). The second-order valence-electron chi connectivity index (χ2n) is 5.05. The van der Waals surface area contributed by atoms with Crippen molar-refractivity contribution in [3.8, 4) is 5.75 Å². The largest absolute Gasteiger partial charge is 0.452 e. The fourth-order valence-electron chi connectivity index (χ4n) is 1.90. The van der Waals surface area contributed by atoms with E-state index in [1.165, 1.54) is 12.1 Å². The maximum absolute atomic E-state index is 12.5. The number of nitrogens with zero attached hydrogens (tertiary/aromatic N) is 1. The Morgan fingerprint density at radius 2 is 1.89 bits per heavy atom. The van der Waals surface area contributed by atoms with Crippen LogP contribution in [0.1, 0.15) is 15.9 Å². The summed E-state index contributed by atoms with van der Waals surface area (Å²) >= 11 is 5.63. The number of halogens is 6. The summed E-state index contributed by atoms with van der Waals surface area (Å²) in [6.45, 7) is -4.05. The van der Waals surface area contributed by atoms with Gasteiger partial charge in [0.2, 0.25) is 0 Å². The number of carbonyl (C=O) groups is 2. The number of benzene rings is 1. The molecule has 0 saturated heterocycles. The highest BCUT2D eigenvalue weighted by atomic mass is 35.5. The molecule has 1 amide bonds. The van der Waals surface area contributed by atoms with Gasteiger partial charge in [-0.2, -0.15) is 22.0 Å². The maximum Gasteiger partial charge on any atom is 0.417 e. The quantitative estimate of drug-likeness (QED) is 0.557. The summed E-state index contributed by atoms with van der Waals surface area (Å²) < 4.78 is 71.1. The first-order chi connectivity index (χ1) is 13.1. The predicted octanol–water partition coefficient (Wildman–Crippen LogP) is 4.15. The van der Waals surface area contributed by atoms with E-state index in [0.717, 1.165) is 12.1 Å². The van der Waals surface area contributed by atoms with Crippen LogP contribution in [0.3, 0.4) is 0 Å². The van der Waals surface area contributed by atoms with E-state index in [1.807, 2.05) is 0 Å². The topological polar surface area (TPSA) is 77.5 Å². The lowest BCUT2D eigenvalue weighted by Gasteiger charge is -2.11. The molecule has 1 aromatic carbocycles. The van der Waals surface area contributed by atoms with Crippen LogP contribution in [0, 0.1) is 0 Å². The SMILES string of the molecule is O=C(COC(=O)c1ccccc1OC(F)F)Nc1ncc(C(F)(F)F)cc1Cl. The summed E-state index contributed by atoms with van der Waals surface area (Å²) in [6, 6.07) is 5.52. The third-order valence-electron chi connectivity index (χ3n) is 3.08. The van der Waals surface area contributed by atoms with E-state index in [-0.39, 0.29) is 11.4 Å². The fraction of sp³-hybridized carbons (Fsp3) is 0.188. The van der Waals surface area contributed by atoms with E-state index >= 15 is 0 Å². The second-order valence-corrected chi connectivity index (χ2v) is 5.46. The van der Waals surface area contributed by atoms with Crippen LogP contribution in [0.5, 0.6) is 5.75 Å². The molecule has 6 nitrogen and oxygen atoms in total. The van der Waals surface area contributed by atoms with Crippen molar-refractivity contribution in [3.05, 3.63) is 52.7 Å². The van der Waals surface area contributed by atoms with Gasteiger partial charge >= 0.3 is 18.8 Å². The first kappa shape index (κ1) is 21.4. The van der Waals surface area contributed by atoms with Gasteiger partial charge in [0, 0.05) is 6.20 Å². The van der Waals surface area contributed by atoms with E-state index in [0.29, 0.717) is 12.3 Å². The van der Waals surface area contributed by atoms with Crippen LogP contribution in [0.4, 0.5) is 27.8 Å². The van der Waals surface area contributed by atoms with Gasteiger partial charge in [0.1, 0.15) is 11.3 Å². The molecule has 0 unspecified atom stereocenters. The van der Waals surface area contributed by atoms with Crippen molar-refractivity contribution < 1.29 is 41.0 Å². The Bertz CT molecular complexity index is 876. The van der Waals surface area contributed by atoms with E-state index in [2.05, 4.69) is 19.8 Å². The molecule has 0 bridgehead atoms. The number of pyridine rings is 1. The first-order valence-corrected chi connectivity index (χ1v) is 7.69. The number of carbonyl (C=O) groups excluding carboxylic acids is 2. The summed E-state index contributed by atoms with van der Waals surface area (Å²) in [5.74, 6) is -2.92. The van der Waals surface area contributed by atoms with Crippen LogP contribution in [0.25, 0.3) is 0 Å². The summed E-state index contributed by atoms with van der Waals surface area (Å²) in [6.07, 6.45) is -4.20. The third kappa shape index (κ3) is 5.78. The second kappa shape index (κ2) is 8.83. The lowest BCUT2D eigenvalue weighted by Crippen LogP contribution is -2.22. The summed E-state index contributed by atoms with van der Waals surface area (Å²) in [4.78, 5) is 27.1. The van der Waals surface area contributed by atoms with Crippen molar-refractivity contribution in [2.75, 3.05) is 11.9 Å². The van der Waals surface area contributed by atoms with Crippen molar-refractivity contribution in [2.24, 2.45) is 0 Å². The number of nitrogens with one attached hydrogen (secondary N) is 1. The fourth-order valence-corrected chi connectivity index (χ4v) is 2.11. The van der Waals surface area contributed by atoms with Gasteiger partial charge in [0.05, 0.1) is 10.6 Å². The number of anilines is 1. The number of alkyl halides is 5. The molecular weight excluding hydrogens is 415 g/mol. The number of esters is 1. The molecule has 1 N–H and O–H groups in total. The highest BCUT2D eigenvalue weighted by Gasteiger charge is 2.31. The van der Waals surface area contributed by atoms with Gasteiger partial charge in [0.15, 0.2) is 12.4 Å². The number of para-hydroxylation sites is 1. The number of hydrogen-bond donors (Lipinski definition) is 1. The standard InChI is InChI=1S/C16H10ClF5N2O4/c17-10-5-8(16(20,21)22)6-23-13(10)24-12(25)7-27-14(26)9-3-1-2-4-11(9)28-15(18)19/h1-6,15H,7H2,(H,23,24,25). The Kier molecular flexibility index (Phi) is 6.73. The van der Waals surface area contributed by atoms with E-state index in [4.69, 9.17) is 11.6 Å². The Morgan fingerprint density at radius 1 is 1.21 bits per heavy atom. The van der Waals surface area contributed by atoms with Gasteiger partial charge in [-0.3, -0.25) is 4.79 Å². The molecule has 150 valence electrons. The molecule has 28 heavy (non-hydrogen) atoms. The maximum atomic E-state index is 12.5. The monoisotopic (exact) mass is 424 g/mol. The number of ether oxygens (including phenoxy) is 2. The molecule has 2 aromatic rings. The zero-order valence-electron chi connectivity index (χ0n) is 13.6. The van der Waals surface area contributed by atoms with Crippen LogP contribution in [-0.4, -0.2) is 30.1 Å². The lowest BCUT2D eigenvalue weighted by molar-refractivity contribution is -0.137. The van der Waals surface area contributed by atoms with E-state index in [1.54, 1.807) is 0 Å². The third-order valence-corrected chi connectivity index (χ3v) is 3.37.